The van der Waals surface area contributed by atoms with Crippen molar-refractivity contribution in [2.45, 2.75) is 43.6 Å². The van der Waals surface area contributed by atoms with Gasteiger partial charge in [0.1, 0.15) is 11.5 Å². The van der Waals surface area contributed by atoms with Crippen LogP contribution in [0.15, 0.2) is 72.8 Å². The molecule has 0 saturated carbocycles. The fourth-order valence-electron chi connectivity index (χ4n) is 2.68. The van der Waals surface area contributed by atoms with E-state index in [1.165, 1.54) is 0 Å². The first kappa shape index (κ1) is 30.8. The van der Waals surface area contributed by atoms with Crippen LogP contribution in [-0.4, -0.2) is 24.8 Å². The summed E-state index contributed by atoms with van der Waals surface area (Å²) in [4.78, 5) is 23.3. The van der Waals surface area contributed by atoms with Crippen molar-refractivity contribution < 1.29 is 19.1 Å². The van der Waals surface area contributed by atoms with E-state index in [-0.39, 0.29) is 54.5 Å². The number of fused-ring (bicyclic) bond motifs is 2. The fraction of sp³-hybridized carbons (Fsp3) is 0.286. The number of hydrogen-bond donors (Lipinski definition) is 0. The van der Waals surface area contributed by atoms with Crippen molar-refractivity contribution in [2.75, 3.05) is 13.2 Å². The molecular weight excluding hydrogens is 400 g/mol. The summed E-state index contributed by atoms with van der Waals surface area (Å²) in [6, 6.07) is 15.5. The monoisotopic (exact) mass is 438 g/mol. The summed E-state index contributed by atoms with van der Waals surface area (Å²) in [6.45, 7) is 10.6. The van der Waals surface area contributed by atoms with Gasteiger partial charge in [-0.1, -0.05) is 55.0 Å². The molecule has 4 heteroatoms. The predicted octanol–water partition coefficient (Wildman–Crippen LogP) is 7.59. The maximum Gasteiger partial charge on any atom is 0.195 e. The van der Waals surface area contributed by atoms with Gasteiger partial charge < -0.3 is 9.47 Å². The van der Waals surface area contributed by atoms with Crippen LogP contribution < -0.4 is 9.47 Å². The standard InChI is InChI=1S/C24H22O4.4CH4/c1-15(2)23(25)13-27-21-7-5-17-10-20-12-22(28-14-24(26)16(3)4)8-6-18(20)9-19(17)11-21;;;;/h5-12H,1,3,13-14H2,2,4H3;4*1H4. The van der Waals surface area contributed by atoms with E-state index in [0.29, 0.717) is 22.6 Å². The zero-order chi connectivity index (χ0) is 20.3. The molecule has 0 aromatic heterocycles. The number of benzene rings is 3. The molecule has 3 aromatic carbocycles. The minimum absolute atomic E-state index is 0. The molecule has 0 bridgehead atoms. The van der Waals surface area contributed by atoms with Crippen LogP contribution in [0.2, 0.25) is 0 Å². The van der Waals surface area contributed by atoms with E-state index in [0.717, 1.165) is 21.5 Å². The molecule has 4 nitrogen and oxygen atoms in total. The normalized spacial score (nSPS) is 9.31. The lowest BCUT2D eigenvalue weighted by Crippen LogP contribution is -2.11. The van der Waals surface area contributed by atoms with Gasteiger partial charge in [-0.05, 0) is 82.9 Å². The SMILES string of the molecule is C.C.C.C.C=C(C)C(=O)COc1ccc2cc3cc(OCC(=O)C(=C)C)ccc3cc2c1. The molecule has 0 spiro atoms. The lowest BCUT2D eigenvalue weighted by atomic mass is 10.0. The van der Waals surface area contributed by atoms with Crippen LogP contribution in [0.5, 0.6) is 11.5 Å². The average molecular weight is 439 g/mol. The Morgan fingerprint density at radius 3 is 1.28 bits per heavy atom. The number of carbonyl (C=O) groups excluding carboxylic acids is 2. The van der Waals surface area contributed by atoms with Gasteiger partial charge in [0.15, 0.2) is 24.8 Å². The molecule has 0 heterocycles. The number of Topliss-reactive ketones (excluding diaryl/α,β-unsaturated/α-hetero) is 2. The summed E-state index contributed by atoms with van der Waals surface area (Å²) < 4.78 is 11.1. The second-order valence-corrected chi connectivity index (χ2v) is 6.85. The molecule has 0 N–H and O–H groups in total. The third-order valence-electron chi connectivity index (χ3n) is 4.43. The van der Waals surface area contributed by atoms with Crippen molar-refractivity contribution in [2.24, 2.45) is 0 Å². The number of hydrogen-bond acceptors (Lipinski definition) is 4. The van der Waals surface area contributed by atoms with E-state index in [1.807, 2.05) is 36.4 Å². The van der Waals surface area contributed by atoms with Crippen molar-refractivity contribution in [3.63, 3.8) is 0 Å². The van der Waals surface area contributed by atoms with Gasteiger partial charge >= 0.3 is 0 Å². The molecule has 3 aromatic rings. The second kappa shape index (κ2) is 13.1. The first-order chi connectivity index (χ1) is 13.3. The molecule has 0 unspecified atom stereocenters. The molecule has 174 valence electrons. The lowest BCUT2D eigenvalue weighted by Gasteiger charge is -2.09. The highest BCUT2D eigenvalue weighted by Crippen LogP contribution is 2.28. The number of ketones is 2. The van der Waals surface area contributed by atoms with E-state index in [2.05, 4.69) is 25.3 Å². The van der Waals surface area contributed by atoms with E-state index >= 15 is 0 Å². The summed E-state index contributed by atoms with van der Waals surface area (Å²) in [6.07, 6.45) is 0. The lowest BCUT2D eigenvalue weighted by molar-refractivity contribution is -0.118. The maximum atomic E-state index is 11.7. The van der Waals surface area contributed by atoms with Crippen LogP contribution in [0, 0.1) is 0 Å². The van der Waals surface area contributed by atoms with E-state index < -0.39 is 0 Å². The van der Waals surface area contributed by atoms with Gasteiger partial charge in [0.2, 0.25) is 0 Å². The largest absolute Gasteiger partial charge is 0.485 e. The third-order valence-corrected chi connectivity index (χ3v) is 4.43. The number of rotatable bonds is 8. The van der Waals surface area contributed by atoms with E-state index in [4.69, 9.17) is 9.47 Å². The summed E-state index contributed by atoms with van der Waals surface area (Å²) in [5, 5.41) is 4.11. The third kappa shape index (κ3) is 7.38. The summed E-state index contributed by atoms with van der Waals surface area (Å²) in [7, 11) is 0. The fourth-order valence-corrected chi connectivity index (χ4v) is 2.68. The van der Waals surface area contributed by atoms with Crippen LogP contribution >= 0.6 is 0 Å². The first-order valence-corrected chi connectivity index (χ1v) is 8.94. The average Bonchev–Trinajstić information content (AvgIpc) is 2.68. The molecule has 0 aliphatic heterocycles. The minimum atomic E-state index is -0.115. The van der Waals surface area contributed by atoms with Crippen molar-refractivity contribution in [3.8, 4) is 11.5 Å². The molecule has 0 saturated heterocycles. The van der Waals surface area contributed by atoms with Crippen LogP contribution in [0.25, 0.3) is 21.5 Å². The highest BCUT2D eigenvalue weighted by Gasteiger charge is 2.07. The van der Waals surface area contributed by atoms with Crippen molar-refractivity contribution in [1.29, 1.82) is 0 Å². The predicted molar refractivity (Wildman–Crippen MR) is 139 cm³/mol. The summed E-state index contributed by atoms with van der Waals surface area (Å²) >= 11 is 0. The Morgan fingerprint density at radius 1 is 0.625 bits per heavy atom. The van der Waals surface area contributed by atoms with Crippen LogP contribution in [0.3, 0.4) is 0 Å². The Kier molecular flexibility index (Phi) is 12.6. The van der Waals surface area contributed by atoms with Gasteiger partial charge in [-0.15, -0.1) is 0 Å². The molecule has 0 radical (unpaired) electrons. The quantitative estimate of drug-likeness (QED) is 0.268. The van der Waals surface area contributed by atoms with E-state index in [9.17, 15) is 9.59 Å². The zero-order valence-electron chi connectivity index (χ0n) is 16.1. The van der Waals surface area contributed by atoms with Crippen molar-refractivity contribution >= 4 is 33.1 Å². The Hall–Kier alpha value is -3.40. The smallest absolute Gasteiger partial charge is 0.195 e. The second-order valence-electron chi connectivity index (χ2n) is 6.85. The molecular formula is C28H38O4. The Balaban J connectivity index is 0. The van der Waals surface area contributed by atoms with Gasteiger partial charge in [0.05, 0.1) is 0 Å². The van der Waals surface area contributed by atoms with E-state index in [1.54, 1.807) is 13.8 Å². The van der Waals surface area contributed by atoms with Gasteiger partial charge in [-0.3, -0.25) is 9.59 Å². The molecule has 3 rings (SSSR count). The molecule has 0 atom stereocenters. The Morgan fingerprint density at radius 2 is 0.969 bits per heavy atom. The number of ether oxygens (including phenoxy) is 2. The minimum Gasteiger partial charge on any atom is -0.485 e. The summed E-state index contributed by atoms with van der Waals surface area (Å²) in [5.41, 5.74) is 0.963. The summed E-state index contributed by atoms with van der Waals surface area (Å²) in [5.74, 6) is 1.05. The highest BCUT2D eigenvalue weighted by molar-refractivity contribution is 5.99. The zero-order valence-corrected chi connectivity index (χ0v) is 16.1. The van der Waals surface area contributed by atoms with Gasteiger partial charge in [0, 0.05) is 0 Å². The Bertz CT molecular complexity index is 1020. The maximum absolute atomic E-state index is 11.7. The molecule has 0 fully saturated rings. The molecule has 0 aliphatic carbocycles. The van der Waals surface area contributed by atoms with Crippen LogP contribution in [-0.2, 0) is 9.59 Å². The van der Waals surface area contributed by atoms with Gasteiger partial charge in [0.25, 0.3) is 0 Å². The highest BCUT2D eigenvalue weighted by atomic mass is 16.5. The van der Waals surface area contributed by atoms with Crippen molar-refractivity contribution in [3.05, 3.63) is 72.8 Å². The van der Waals surface area contributed by atoms with Crippen LogP contribution in [0.4, 0.5) is 0 Å². The Labute approximate surface area is 193 Å². The molecule has 0 amide bonds. The number of carbonyl (C=O) groups is 2. The topological polar surface area (TPSA) is 52.6 Å². The van der Waals surface area contributed by atoms with Gasteiger partial charge in [-0.2, -0.15) is 0 Å². The van der Waals surface area contributed by atoms with Crippen molar-refractivity contribution in [1.82, 2.24) is 0 Å². The van der Waals surface area contributed by atoms with Gasteiger partial charge in [-0.25, -0.2) is 0 Å². The molecule has 0 aliphatic rings. The molecule has 32 heavy (non-hydrogen) atoms. The van der Waals surface area contributed by atoms with Crippen LogP contribution in [0.1, 0.15) is 43.6 Å². The first-order valence-electron chi connectivity index (χ1n) is 8.94.